The minimum absolute atomic E-state index is 0.00668. The van der Waals surface area contributed by atoms with Crippen molar-refractivity contribution in [1.29, 1.82) is 0 Å². The quantitative estimate of drug-likeness (QED) is 0.689. The van der Waals surface area contributed by atoms with Gasteiger partial charge in [0.15, 0.2) is 0 Å². The van der Waals surface area contributed by atoms with Crippen LogP contribution in [-0.2, 0) is 24.7 Å². The van der Waals surface area contributed by atoms with Crippen LogP contribution in [0, 0.1) is 0 Å². The molecular formula is C17H22Cl2N2O5S2. The molecule has 156 valence electrons. The summed E-state index contributed by atoms with van der Waals surface area (Å²) in [5.74, 6) is -0.174. The molecule has 2 aliphatic heterocycles. The first-order valence-corrected chi connectivity index (χ1v) is 13.1. The van der Waals surface area contributed by atoms with Gasteiger partial charge in [-0.15, -0.1) is 0 Å². The summed E-state index contributed by atoms with van der Waals surface area (Å²) in [6, 6.07) is 4.21. The summed E-state index contributed by atoms with van der Waals surface area (Å²) >= 11 is 11.9. The first kappa shape index (κ1) is 21.8. The zero-order valence-electron chi connectivity index (χ0n) is 15.3. The van der Waals surface area contributed by atoms with Gasteiger partial charge in [-0.3, -0.25) is 4.79 Å². The number of nitrogens with one attached hydrogen (secondary N) is 1. The van der Waals surface area contributed by atoms with Crippen LogP contribution in [0.3, 0.4) is 0 Å². The number of carbonyl (C=O) groups excluding carboxylic acids is 1. The minimum atomic E-state index is -3.95. The first-order valence-electron chi connectivity index (χ1n) is 8.94. The highest BCUT2D eigenvalue weighted by atomic mass is 35.5. The van der Waals surface area contributed by atoms with Crippen LogP contribution in [0.4, 0.5) is 0 Å². The van der Waals surface area contributed by atoms with E-state index >= 15 is 0 Å². The van der Waals surface area contributed by atoms with Crippen LogP contribution in [-0.4, -0.2) is 57.8 Å². The Morgan fingerprint density at radius 2 is 1.64 bits per heavy atom. The topological polar surface area (TPSA) is 101 Å². The zero-order chi connectivity index (χ0) is 20.7. The molecule has 28 heavy (non-hydrogen) atoms. The van der Waals surface area contributed by atoms with Crippen LogP contribution in [0.1, 0.15) is 32.1 Å². The Morgan fingerprint density at radius 1 is 1.11 bits per heavy atom. The van der Waals surface area contributed by atoms with E-state index < -0.39 is 25.1 Å². The molecule has 2 bridgehead atoms. The maximum atomic E-state index is 12.7. The average Bonchev–Trinajstić information content (AvgIpc) is 2.83. The Bertz CT molecular complexity index is 947. The van der Waals surface area contributed by atoms with Crippen molar-refractivity contribution in [2.24, 2.45) is 0 Å². The summed E-state index contributed by atoms with van der Waals surface area (Å²) in [5.41, 5.74) is 0. The Labute approximate surface area is 175 Å². The van der Waals surface area contributed by atoms with Crippen molar-refractivity contribution in [1.82, 2.24) is 9.62 Å². The van der Waals surface area contributed by atoms with E-state index in [4.69, 9.17) is 23.2 Å². The molecule has 2 unspecified atom stereocenters. The minimum Gasteiger partial charge on any atom is -0.337 e. The van der Waals surface area contributed by atoms with Gasteiger partial charge < -0.3 is 4.90 Å². The molecule has 0 aromatic heterocycles. The van der Waals surface area contributed by atoms with Crippen molar-refractivity contribution in [3.63, 3.8) is 0 Å². The predicted octanol–water partition coefficient (Wildman–Crippen LogP) is 2.23. The van der Waals surface area contributed by atoms with Crippen molar-refractivity contribution >= 4 is 49.0 Å². The fourth-order valence-electron chi connectivity index (χ4n) is 4.12. The lowest BCUT2D eigenvalue weighted by atomic mass is 10.0. The molecule has 2 fully saturated rings. The fraction of sp³-hybridized carbons (Fsp3) is 0.588. The van der Waals surface area contributed by atoms with E-state index in [9.17, 15) is 21.6 Å². The average molecular weight is 469 g/mol. The molecule has 1 aromatic rings. The number of rotatable bonds is 6. The van der Waals surface area contributed by atoms with E-state index in [0.717, 1.165) is 12.8 Å². The summed E-state index contributed by atoms with van der Waals surface area (Å²) < 4.78 is 51.0. The summed E-state index contributed by atoms with van der Waals surface area (Å²) in [5, 5.41) is -0.394. The van der Waals surface area contributed by atoms with Crippen molar-refractivity contribution < 1.29 is 21.6 Å². The zero-order valence-corrected chi connectivity index (χ0v) is 18.4. The Kier molecular flexibility index (Phi) is 6.32. The summed E-state index contributed by atoms with van der Waals surface area (Å²) in [7, 11) is -7.08. The Balaban J connectivity index is 1.61. The smallest absolute Gasteiger partial charge is 0.243 e. The predicted molar refractivity (Wildman–Crippen MR) is 108 cm³/mol. The monoisotopic (exact) mass is 468 g/mol. The van der Waals surface area contributed by atoms with E-state index in [-0.39, 0.29) is 45.9 Å². The second-order valence-corrected chi connectivity index (χ2v) is 12.2. The SMILES string of the molecule is CS(=O)(=O)C1CC2CCC(C1)N2C(=O)CCNS(=O)(=O)c1c(Cl)cccc1Cl. The molecule has 2 atom stereocenters. The van der Waals surface area contributed by atoms with Gasteiger partial charge in [0, 0.05) is 31.3 Å². The molecule has 2 saturated heterocycles. The lowest BCUT2D eigenvalue weighted by Gasteiger charge is -2.38. The summed E-state index contributed by atoms with van der Waals surface area (Å²) in [4.78, 5) is 14.2. The van der Waals surface area contributed by atoms with E-state index in [1.807, 2.05) is 0 Å². The van der Waals surface area contributed by atoms with Gasteiger partial charge >= 0.3 is 0 Å². The molecule has 0 spiro atoms. The molecule has 11 heteroatoms. The normalized spacial score (nSPS) is 25.1. The largest absolute Gasteiger partial charge is 0.337 e. The number of benzene rings is 1. The number of nitrogens with zero attached hydrogens (tertiary/aromatic N) is 1. The van der Waals surface area contributed by atoms with Gasteiger partial charge in [-0.1, -0.05) is 29.3 Å². The highest BCUT2D eigenvalue weighted by Crippen LogP contribution is 2.38. The van der Waals surface area contributed by atoms with Gasteiger partial charge in [-0.25, -0.2) is 21.6 Å². The molecule has 7 nitrogen and oxygen atoms in total. The molecule has 0 saturated carbocycles. The molecule has 2 heterocycles. The van der Waals surface area contributed by atoms with Crippen molar-refractivity contribution in [2.45, 2.75) is 54.3 Å². The third-order valence-corrected chi connectivity index (χ3v) is 9.41. The van der Waals surface area contributed by atoms with Crippen LogP contribution in [0.5, 0.6) is 0 Å². The van der Waals surface area contributed by atoms with Crippen molar-refractivity contribution in [2.75, 3.05) is 12.8 Å². The number of piperidine rings is 1. The van der Waals surface area contributed by atoms with Gasteiger partial charge in [0.05, 0.1) is 15.3 Å². The molecule has 1 amide bonds. The number of halogens is 2. The lowest BCUT2D eigenvalue weighted by Crippen LogP contribution is -2.50. The molecule has 1 N–H and O–H groups in total. The maximum absolute atomic E-state index is 12.7. The summed E-state index contributed by atoms with van der Waals surface area (Å²) in [6.07, 6.45) is 3.68. The van der Waals surface area contributed by atoms with Crippen molar-refractivity contribution in [3.05, 3.63) is 28.2 Å². The fourth-order valence-corrected chi connectivity index (χ4v) is 7.43. The van der Waals surface area contributed by atoms with E-state index in [1.165, 1.54) is 18.4 Å². The Hall–Kier alpha value is -0.870. The number of fused-ring (bicyclic) bond motifs is 2. The molecule has 0 aliphatic carbocycles. The molecular weight excluding hydrogens is 447 g/mol. The van der Waals surface area contributed by atoms with E-state index in [1.54, 1.807) is 11.0 Å². The van der Waals surface area contributed by atoms with Crippen molar-refractivity contribution in [3.8, 4) is 0 Å². The van der Waals surface area contributed by atoms with Crippen LogP contribution < -0.4 is 4.72 Å². The first-order chi connectivity index (χ1) is 13.0. The molecule has 1 aromatic carbocycles. The highest BCUT2D eigenvalue weighted by molar-refractivity contribution is 7.91. The van der Waals surface area contributed by atoms with Gasteiger partial charge in [-0.05, 0) is 37.8 Å². The van der Waals surface area contributed by atoms with E-state index in [0.29, 0.717) is 12.8 Å². The van der Waals surface area contributed by atoms with Crippen LogP contribution in [0.2, 0.25) is 10.0 Å². The van der Waals surface area contributed by atoms with Crippen LogP contribution in [0.15, 0.2) is 23.1 Å². The second kappa shape index (κ2) is 8.10. The van der Waals surface area contributed by atoms with Crippen LogP contribution >= 0.6 is 23.2 Å². The number of sulfone groups is 1. The lowest BCUT2D eigenvalue weighted by molar-refractivity contribution is -0.135. The number of carbonyl (C=O) groups is 1. The second-order valence-electron chi connectivity index (χ2n) is 7.31. The van der Waals surface area contributed by atoms with Gasteiger partial charge in [-0.2, -0.15) is 0 Å². The summed E-state index contributed by atoms with van der Waals surface area (Å²) in [6.45, 7) is -0.0891. The molecule has 0 radical (unpaired) electrons. The van der Waals surface area contributed by atoms with Gasteiger partial charge in [0.1, 0.15) is 14.7 Å². The molecule has 3 rings (SSSR count). The maximum Gasteiger partial charge on any atom is 0.243 e. The van der Waals surface area contributed by atoms with Crippen LogP contribution in [0.25, 0.3) is 0 Å². The standard InChI is InChI=1S/C17H22Cl2N2O5S2/c1-27(23,24)13-9-11-5-6-12(10-13)21(11)16(22)7-8-20-28(25,26)17-14(18)3-2-4-15(17)19/h2-4,11-13,20H,5-10H2,1H3. The number of amides is 1. The van der Waals surface area contributed by atoms with E-state index in [2.05, 4.69) is 4.72 Å². The van der Waals surface area contributed by atoms with Gasteiger partial charge in [0.25, 0.3) is 0 Å². The van der Waals surface area contributed by atoms with Gasteiger partial charge in [0.2, 0.25) is 15.9 Å². The third kappa shape index (κ3) is 4.48. The Morgan fingerprint density at radius 3 is 2.14 bits per heavy atom. The number of sulfonamides is 1. The third-order valence-electron chi connectivity index (χ3n) is 5.40. The highest BCUT2D eigenvalue weighted by Gasteiger charge is 2.45. The number of hydrogen-bond acceptors (Lipinski definition) is 5. The molecule has 2 aliphatic rings. The number of hydrogen-bond donors (Lipinski definition) is 1.